The van der Waals surface area contributed by atoms with Gasteiger partial charge >= 0.3 is 0 Å². The Morgan fingerprint density at radius 1 is 1.50 bits per heavy atom. The lowest BCUT2D eigenvalue weighted by Crippen LogP contribution is -2.33. The average molecular weight is 227 g/mol. The SMILES string of the molecule is COCCNCCNC(=O)c1oncc1C. The number of rotatable bonds is 7. The van der Waals surface area contributed by atoms with Crippen LogP contribution in [0.3, 0.4) is 0 Å². The first-order chi connectivity index (χ1) is 7.75. The molecule has 0 aliphatic carbocycles. The van der Waals surface area contributed by atoms with E-state index in [1.165, 1.54) is 6.20 Å². The fraction of sp³-hybridized carbons (Fsp3) is 0.600. The van der Waals surface area contributed by atoms with Gasteiger partial charge in [-0.15, -0.1) is 0 Å². The van der Waals surface area contributed by atoms with E-state index in [-0.39, 0.29) is 11.7 Å². The van der Waals surface area contributed by atoms with Crippen molar-refractivity contribution in [2.24, 2.45) is 0 Å². The maximum Gasteiger partial charge on any atom is 0.290 e. The molecule has 1 amide bonds. The van der Waals surface area contributed by atoms with Crippen molar-refractivity contribution in [2.75, 3.05) is 33.4 Å². The first-order valence-electron chi connectivity index (χ1n) is 5.15. The molecule has 1 rings (SSSR count). The van der Waals surface area contributed by atoms with Crippen LogP contribution >= 0.6 is 0 Å². The van der Waals surface area contributed by atoms with Crippen molar-refractivity contribution in [3.05, 3.63) is 17.5 Å². The van der Waals surface area contributed by atoms with E-state index in [2.05, 4.69) is 15.8 Å². The van der Waals surface area contributed by atoms with E-state index >= 15 is 0 Å². The topological polar surface area (TPSA) is 76.4 Å². The molecule has 16 heavy (non-hydrogen) atoms. The lowest BCUT2D eigenvalue weighted by atomic mass is 10.3. The summed E-state index contributed by atoms with van der Waals surface area (Å²) in [5.41, 5.74) is 0.741. The highest BCUT2D eigenvalue weighted by Crippen LogP contribution is 2.04. The van der Waals surface area contributed by atoms with Crippen LogP contribution in [0.1, 0.15) is 16.1 Å². The van der Waals surface area contributed by atoms with Gasteiger partial charge in [0.2, 0.25) is 5.76 Å². The number of ether oxygens (including phenoxy) is 1. The van der Waals surface area contributed by atoms with Gasteiger partial charge in [-0.1, -0.05) is 5.16 Å². The summed E-state index contributed by atoms with van der Waals surface area (Å²) in [6.07, 6.45) is 1.52. The van der Waals surface area contributed by atoms with E-state index < -0.39 is 0 Å². The van der Waals surface area contributed by atoms with Gasteiger partial charge in [-0.25, -0.2) is 0 Å². The molecular formula is C10H17N3O3. The Morgan fingerprint density at radius 2 is 2.31 bits per heavy atom. The molecule has 90 valence electrons. The second-order valence-electron chi connectivity index (χ2n) is 3.34. The number of nitrogens with zero attached hydrogens (tertiary/aromatic N) is 1. The Hall–Kier alpha value is -1.40. The summed E-state index contributed by atoms with van der Waals surface area (Å²) < 4.78 is 9.69. The van der Waals surface area contributed by atoms with Gasteiger partial charge in [0, 0.05) is 32.3 Å². The lowest BCUT2D eigenvalue weighted by molar-refractivity contribution is 0.0916. The van der Waals surface area contributed by atoms with E-state index in [0.29, 0.717) is 19.7 Å². The Morgan fingerprint density at radius 3 is 2.94 bits per heavy atom. The minimum Gasteiger partial charge on any atom is -0.383 e. The van der Waals surface area contributed by atoms with Gasteiger partial charge in [-0.2, -0.15) is 0 Å². The molecular weight excluding hydrogens is 210 g/mol. The summed E-state index contributed by atoms with van der Waals surface area (Å²) in [6, 6.07) is 0. The molecule has 6 heteroatoms. The van der Waals surface area contributed by atoms with Crippen molar-refractivity contribution >= 4 is 5.91 Å². The molecule has 0 aliphatic rings. The maximum atomic E-state index is 11.5. The summed E-state index contributed by atoms with van der Waals surface area (Å²) >= 11 is 0. The normalized spacial score (nSPS) is 10.4. The van der Waals surface area contributed by atoms with Crippen molar-refractivity contribution in [3.8, 4) is 0 Å². The van der Waals surface area contributed by atoms with E-state index in [4.69, 9.17) is 9.26 Å². The molecule has 1 heterocycles. The zero-order valence-electron chi connectivity index (χ0n) is 9.58. The van der Waals surface area contributed by atoms with Gasteiger partial charge in [0.25, 0.3) is 5.91 Å². The molecule has 0 spiro atoms. The number of carbonyl (C=O) groups excluding carboxylic acids is 1. The van der Waals surface area contributed by atoms with Crippen LogP contribution in [0.25, 0.3) is 0 Å². The molecule has 0 bridgehead atoms. The highest BCUT2D eigenvalue weighted by molar-refractivity contribution is 5.92. The van der Waals surface area contributed by atoms with Gasteiger partial charge in [0.15, 0.2) is 0 Å². The van der Waals surface area contributed by atoms with Crippen LogP contribution < -0.4 is 10.6 Å². The Bertz CT molecular complexity index is 325. The number of hydrogen-bond acceptors (Lipinski definition) is 5. The van der Waals surface area contributed by atoms with Crippen molar-refractivity contribution < 1.29 is 14.1 Å². The Kier molecular flexibility index (Phi) is 5.52. The number of aromatic nitrogens is 1. The number of amides is 1. The summed E-state index contributed by atoms with van der Waals surface area (Å²) in [5, 5.41) is 9.39. The minimum absolute atomic E-state index is 0.233. The van der Waals surface area contributed by atoms with Crippen molar-refractivity contribution in [3.63, 3.8) is 0 Å². The first kappa shape index (κ1) is 12.7. The highest BCUT2D eigenvalue weighted by Gasteiger charge is 2.12. The van der Waals surface area contributed by atoms with Crippen LogP contribution in [0.4, 0.5) is 0 Å². The van der Waals surface area contributed by atoms with Gasteiger partial charge in [0.05, 0.1) is 12.8 Å². The number of carbonyl (C=O) groups is 1. The summed E-state index contributed by atoms with van der Waals surface area (Å²) in [4.78, 5) is 11.5. The third-order valence-corrected chi connectivity index (χ3v) is 2.03. The summed E-state index contributed by atoms with van der Waals surface area (Å²) in [6.45, 7) is 4.45. The molecule has 0 atom stereocenters. The average Bonchev–Trinajstić information content (AvgIpc) is 2.69. The van der Waals surface area contributed by atoms with Crippen LogP contribution in [0, 0.1) is 6.92 Å². The van der Waals surface area contributed by atoms with E-state index in [0.717, 1.165) is 12.1 Å². The smallest absolute Gasteiger partial charge is 0.290 e. The van der Waals surface area contributed by atoms with Gasteiger partial charge in [-0.3, -0.25) is 4.79 Å². The quantitative estimate of drug-likeness (QED) is 0.639. The van der Waals surface area contributed by atoms with Crippen LogP contribution in [0.2, 0.25) is 0 Å². The largest absolute Gasteiger partial charge is 0.383 e. The maximum absolute atomic E-state index is 11.5. The van der Waals surface area contributed by atoms with Crippen LogP contribution in [0.5, 0.6) is 0 Å². The molecule has 1 aromatic rings. The number of hydrogen-bond donors (Lipinski definition) is 2. The zero-order valence-corrected chi connectivity index (χ0v) is 9.58. The molecule has 0 unspecified atom stereocenters. The van der Waals surface area contributed by atoms with E-state index in [1.807, 2.05) is 0 Å². The van der Waals surface area contributed by atoms with Crippen LogP contribution in [0.15, 0.2) is 10.7 Å². The van der Waals surface area contributed by atoms with Crippen molar-refractivity contribution in [2.45, 2.75) is 6.92 Å². The predicted octanol–water partition coefficient (Wildman–Crippen LogP) is -0.0512. The third kappa shape index (κ3) is 4.00. The zero-order chi connectivity index (χ0) is 11.8. The highest BCUT2D eigenvalue weighted by atomic mass is 16.5. The lowest BCUT2D eigenvalue weighted by Gasteiger charge is -2.05. The molecule has 0 saturated carbocycles. The molecule has 1 aromatic heterocycles. The second-order valence-corrected chi connectivity index (χ2v) is 3.34. The Balaban J connectivity index is 2.14. The molecule has 2 N–H and O–H groups in total. The van der Waals surface area contributed by atoms with E-state index in [1.54, 1.807) is 14.0 Å². The number of methoxy groups -OCH3 is 1. The number of aryl methyl sites for hydroxylation is 1. The molecule has 0 radical (unpaired) electrons. The predicted molar refractivity (Wildman–Crippen MR) is 58.3 cm³/mol. The van der Waals surface area contributed by atoms with Crippen LogP contribution in [-0.2, 0) is 4.74 Å². The molecule has 0 aromatic carbocycles. The first-order valence-corrected chi connectivity index (χ1v) is 5.15. The third-order valence-electron chi connectivity index (χ3n) is 2.03. The number of nitrogens with one attached hydrogen (secondary N) is 2. The fourth-order valence-corrected chi connectivity index (χ4v) is 1.15. The monoisotopic (exact) mass is 227 g/mol. The molecule has 6 nitrogen and oxygen atoms in total. The van der Waals surface area contributed by atoms with Gasteiger partial charge in [-0.05, 0) is 6.92 Å². The minimum atomic E-state index is -0.233. The fourth-order valence-electron chi connectivity index (χ4n) is 1.15. The molecule has 0 aliphatic heterocycles. The standard InChI is InChI=1S/C10H17N3O3/c1-8-7-13-16-9(8)10(14)12-4-3-11-5-6-15-2/h7,11H,3-6H2,1-2H3,(H,12,14). The Labute approximate surface area is 94.3 Å². The van der Waals surface area contributed by atoms with Crippen LogP contribution in [-0.4, -0.2) is 44.4 Å². The van der Waals surface area contributed by atoms with Gasteiger partial charge < -0.3 is 19.9 Å². The molecule has 0 saturated heterocycles. The van der Waals surface area contributed by atoms with E-state index in [9.17, 15) is 4.79 Å². The molecule has 0 fully saturated rings. The van der Waals surface area contributed by atoms with Gasteiger partial charge in [0.1, 0.15) is 0 Å². The summed E-state index contributed by atoms with van der Waals surface area (Å²) in [5.74, 6) is 0.0421. The second kappa shape index (κ2) is 6.97. The van der Waals surface area contributed by atoms with Crippen molar-refractivity contribution in [1.29, 1.82) is 0 Å². The summed E-state index contributed by atoms with van der Waals surface area (Å²) in [7, 11) is 1.65. The van der Waals surface area contributed by atoms with Crippen molar-refractivity contribution in [1.82, 2.24) is 15.8 Å².